The number of hydrogen-bond donors (Lipinski definition) is 0. The summed E-state index contributed by atoms with van der Waals surface area (Å²) in [5.74, 6) is -1.63. The molecule has 1 amide bonds. The van der Waals surface area contributed by atoms with E-state index < -0.39 is 17.9 Å². The van der Waals surface area contributed by atoms with E-state index in [1.54, 1.807) is 0 Å². The predicted molar refractivity (Wildman–Crippen MR) is 45.4 cm³/mol. The van der Waals surface area contributed by atoms with E-state index in [4.69, 9.17) is 0 Å². The Kier molecular flexibility index (Phi) is 1.30. The van der Waals surface area contributed by atoms with Crippen LogP contribution in [-0.2, 0) is 4.79 Å². The van der Waals surface area contributed by atoms with Crippen molar-refractivity contribution < 1.29 is 13.6 Å². The third-order valence-corrected chi connectivity index (χ3v) is 3.92. The number of fused-ring (bicyclic) bond motifs is 5. The molecule has 0 aromatic heterocycles. The third-order valence-electron chi connectivity index (χ3n) is 3.92. The van der Waals surface area contributed by atoms with Gasteiger partial charge in [-0.3, -0.25) is 9.69 Å². The van der Waals surface area contributed by atoms with E-state index in [1.807, 2.05) is 12.2 Å². The normalized spacial score (nSPS) is 47.6. The predicted octanol–water partition coefficient (Wildman–Crippen LogP) is 1.49. The smallest absolute Gasteiger partial charge is 0.286 e. The molecule has 2 bridgehead atoms. The number of alkyl halides is 2. The molecule has 4 heteroatoms. The molecule has 0 unspecified atom stereocenters. The van der Waals surface area contributed by atoms with Crippen LogP contribution in [0.1, 0.15) is 6.42 Å². The van der Waals surface area contributed by atoms with Gasteiger partial charge in [0.1, 0.15) is 0 Å². The highest BCUT2D eigenvalue weighted by Crippen LogP contribution is 2.58. The monoisotopic (exact) mass is 199 g/mol. The van der Waals surface area contributed by atoms with E-state index in [9.17, 15) is 13.6 Å². The van der Waals surface area contributed by atoms with Gasteiger partial charge in [-0.2, -0.15) is 8.78 Å². The van der Waals surface area contributed by atoms with Gasteiger partial charge in [-0.15, -0.1) is 0 Å². The van der Waals surface area contributed by atoms with Gasteiger partial charge < -0.3 is 0 Å². The maximum Gasteiger partial charge on any atom is 0.331 e. The third kappa shape index (κ3) is 0.699. The lowest BCUT2D eigenvalue weighted by atomic mass is 9.84. The number of amides is 1. The number of allylic oxidation sites excluding steroid dienone is 2. The molecule has 2 nitrogen and oxygen atoms in total. The summed E-state index contributed by atoms with van der Waals surface area (Å²) in [5, 5.41) is 0. The lowest BCUT2D eigenvalue weighted by Gasteiger charge is -2.26. The van der Waals surface area contributed by atoms with Crippen molar-refractivity contribution in [3.05, 3.63) is 12.2 Å². The van der Waals surface area contributed by atoms with Crippen LogP contribution in [0.3, 0.4) is 0 Å². The quantitative estimate of drug-likeness (QED) is 0.427. The lowest BCUT2D eigenvalue weighted by molar-refractivity contribution is -0.163. The Morgan fingerprint density at radius 1 is 1.43 bits per heavy atom. The highest BCUT2D eigenvalue weighted by molar-refractivity contribution is 5.83. The first-order valence-electron chi connectivity index (χ1n) is 4.87. The Labute approximate surface area is 80.6 Å². The number of hydrogen-bond acceptors (Lipinski definition) is 1. The van der Waals surface area contributed by atoms with Gasteiger partial charge in [-0.25, -0.2) is 0 Å². The van der Waals surface area contributed by atoms with Crippen molar-refractivity contribution in [2.24, 2.45) is 23.7 Å². The molecular formula is C10H11F2NO. The maximum atomic E-state index is 13.7. The molecule has 0 aromatic carbocycles. The summed E-state index contributed by atoms with van der Waals surface area (Å²) < 4.78 is 27.3. The average molecular weight is 199 g/mol. The molecule has 2 aliphatic carbocycles. The largest absolute Gasteiger partial charge is 0.331 e. The topological polar surface area (TPSA) is 20.3 Å². The van der Waals surface area contributed by atoms with Crippen LogP contribution in [-0.4, -0.2) is 23.9 Å². The first kappa shape index (κ1) is 8.38. The number of carbonyl (C=O) groups excluding carboxylic acids is 1. The summed E-state index contributed by atoms with van der Waals surface area (Å²) >= 11 is 0. The van der Waals surface area contributed by atoms with Crippen LogP contribution in [0.4, 0.5) is 8.78 Å². The minimum Gasteiger partial charge on any atom is -0.286 e. The molecule has 0 radical (unpaired) electrons. The number of nitrogens with zero attached hydrogens (tertiary/aromatic N) is 1. The summed E-state index contributed by atoms with van der Waals surface area (Å²) in [6, 6.07) is -2.94. The Bertz CT molecular complexity index is 339. The average Bonchev–Trinajstić information content (AvgIpc) is 2.76. The minimum absolute atomic E-state index is 0.0633. The molecule has 0 spiro atoms. The van der Waals surface area contributed by atoms with Gasteiger partial charge in [0.15, 0.2) is 0 Å². The molecule has 4 atom stereocenters. The van der Waals surface area contributed by atoms with Crippen molar-refractivity contribution in [2.75, 3.05) is 7.05 Å². The second kappa shape index (κ2) is 2.18. The van der Waals surface area contributed by atoms with Crippen LogP contribution in [0.2, 0.25) is 0 Å². The van der Waals surface area contributed by atoms with Crippen LogP contribution in [0.5, 0.6) is 0 Å². The molecule has 1 heterocycles. The summed E-state index contributed by atoms with van der Waals surface area (Å²) in [6.07, 6.45) is 4.52. The zero-order valence-electron chi connectivity index (χ0n) is 7.78. The lowest BCUT2D eigenvalue weighted by Crippen LogP contribution is -2.40. The molecule has 0 aromatic rings. The summed E-state index contributed by atoms with van der Waals surface area (Å²) in [5.41, 5.74) is 0. The number of carbonyl (C=O) groups is 1. The van der Waals surface area contributed by atoms with Crippen molar-refractivity contribution in [3.63, 3.8) is 0 Å². The Balaban J connectivity index is 2.09. The molecule has 76 valence electrons. The van der Waals surface area contributed by atoms with Crippen LogP contribution < -0.4 is 0 Å². The molecule has 1 saturated carbocycles. The van der Waals surface area contributed by atoms with Gasteiger partial charge in [0.25, 0.3) is 0 Å². The van der Waals surface area contributed by atoms with Gasteiger partial charge >= 0.3 is 6.05 Å². The van der Waals surface area contributed by atoms with E-state index >= 15 is 0 Å². The van der Waals surface area contributed by atoms with Crippen LogP contribution >= 0.6 is 0 Å². The van der Waals surface area contributed by atoms with Gasteiger partial charge in [-0.1, -0.05) is 12.2 Å². The Hall–Kier alpha value is -0.930. The zero-order chi connectivity index (χ0) is 10.1. The number of likely N-dealkylation sites (tertiary alicyclic amines) is 1. The maximum absolute atomic E-state index is 13.7. The second-order valence-corrected chi connectivity index (χ2v) is 4.48. The fourth-order valence-electron chi connectivity index (χ4n) is 3.23. The first-order valence-corrected chi connectivity index (χ1v) is 4.87. The first-order chi connectivity index (χ1) is 6.53. The van der Waals surface area contributed by atoms with E-state index in [1.165, 1.54) is 7.05 Å². The van der Waals surface area contributed by atoms with E-state index in [0.717, 1.165) is 6.42 Å². The zero-order valence-corrected chi connectivity index (χ0v) is 7.78. The van der Waals surface area contributed by atoms with Crippen LogP contribution in [0, 0.1) is 23.7 Å². The highest BCUT2D eigenvalue weighted by atomic mass is 19.3. The Morgan fingerprint density at radius 2 is 2.07 bits per heavy atom. The van der Waals surface area contributed by atoms with Crippen LogP contribution in [0.15, 0.2) is 12.2 Å². The van der Waals surface area contributed by atoms with E-state index in [-0.39, 0.29) is 17.7 Å². The summed E-state index contributed by atoms with van der Waals surface area (Å²) in [4.78, 5) is 12.2. The standard InChI is InChI=1S/C10H11F2NO/c1-13-9(14)7-5-2-3-6(4-5)8(7)10(13,11)12/h2-3,5-8H,4H2,1H3/t5-,6+,7-,8+/m1/s1. The van der Waals surface area contributed by atoms with Crippen molar-refractivity contribution in [2.45, 2.75) is 12.5 Å². The SMILES string of the molecule is CN1C(=O)[C@H]2[C@H]([C@H]3C=C[C@@H]2C3)C1(F)F. The fraction of sp³-hybridized carbons (Fsp3) is 0.700. The number of halogens is 2. The molecule has 2 fully saturated rings. The summed E-state index contributed by atoms with van der Waals surface area (Å²) in [6.45, 7) is 0. The van der Waals surface area contributed by atoms with Crippen molar-refractivity contribution in [1.82, 2.24) is 4.90 Å². The fourth-order valence-corrected chi connectivity index (χ4v) is 3.23. The number of rotatable bonds is 0. The van der Waals surface area contributed by atoms with Crippen molar-refractivity contribution >= 4 is 5.91 Å². The van der Waals surface area contributed by atoms with Crippen LogP contribution in [0.25, 0.3) is 0 Å². The van der Waals surface area contributed by atoms with Gasteiger partial charge in [-0.05, 0) is 18.3 Å². The van der Waals surface area contributed by atoms with Crippen molar-refractivity contribution in [3.8, 4) is 0 Å². The minimum atomic E-state index is -2.94. The second-order valence-electron chi connectivity index (χ2n) is 4.48. The van der Waals surface area contributed by atoms with E-state index in [2.05, 4.69) is 0 Å². The van der Waals surface area contributed by atoms with Gasteiger partial charge in [0, 0.05) is 7.05 Å². The molecule has 0 N–H and O–H groups in total. The van der Waals surface area contributed by atoms with Gasteiger partial charge in [0.2, 0.25) is 5.91 Å². The molecule has 3 rings (SSSR count). The van der Waals surface area contributed by atoms with Crippen molar-refractivity contribution in [1.29, 1.82) is 0 Å². The Morgan fingerprint density at radius 3 is 2.71 bits per heavy atom. The molecule has 1 aliphatic heterocycles. The summed E-state index contributed by atoms with van der Waals surface area (Å²) in [7, 11) is 1.21. The molecule has 14 heavy (non-hydrogen) atoms. The van der Waals surface area contributed by atoms with Gasteiger partial charge in [0.05, 0.1) is 11.8 Å². The molecule has 1 saturated heterocycles. The highest BCUT2D eigenvalue weighted by Gasteiger charge is 2.67. The van der Waals surface area contributed by atoms with E-state index in [0.29, 0.717) is 4.90 Å². The molecular weight excluding hydrogens is 188 g/mol. The molecule has 3 aliphatic rings.